The Hall–Kier alpha value is -0.160. The van der Waals surface area contributed by atoms with E-state index in [1.165, 1.54) is 0 Å². The molecule has 0 bridgehead atoms. The van der Waals surface area contributed by atoms with Crippen molar-refractivity contribution in [2.24, 2.45) is 7.05 Å². The van der Waals surface area contributed by atoms with Gasteiger partial charge in [0.25, 0.3) is 0 Å². The number of aromatic nitrogens is 2. The van der Waals surface area contributed by atoms with Crippen molar-refractivity contribution >= 4 is 38.7 Å². The molecule has 0 fully saturated rings. The van der Waals surface area contributed by atoms with Gasteiger partial charge < -0.3 is 4.57 Å². The van der Waals surface area contributed by atoms with Crippen molar-refractivity contribution in [1.82, 2.24) is 9.55 Å². The number of hydrogen-bond donors (Lipinski definition) is 0. The van der Waals surface area contributed by atoms with Crippen LogP contribution in [0.3, 0.4) is 0 Å². The molecule has 12 heavy (non-hydrogen) atoms. The molecule has 5 heteroatoms. The van der Waals surface area contributed by atoms with Crippen LogP contribution in [0.5, 0.6) is 0 Å². The summed E-state index contributed by atoms with van der Waals surface area (Å²) in [7, 11) is 1.87. The summed E-state index contributed by atoms with van der Waals surface area (Å²) in [5.41, 5.74) is 1.47. The summed E-state index contributed by atoms with van der Waals surface area (Å²) in [4.78, 5) is 15.1. The van der Waals surface area contributed by atoms with Gasteiger partial charge in [-0.25, -0.2) is 4.98 Å². The first kappa shape index (κ1) is 11.8. The summed E-state index contributed by atoms with van der Waals surface area (Å²) in [6.45, 7) is 1.88. The number of carbonyl (C=O) groups excluding carboxylic acids is 1. The normalized spacial score (nSPS) is 9.25. The van der Waals surface area contributed by atoms with Crippen LogP contribution in [0.2, 0.25) is 0 Å². The third-order valence-electron chi connectivity index (χ3n) is 1.62. The molecule has 0 saturated heterocycles. The van der Waals surface area contributed by atoms with Gasteiger partial charge in [-0.1, -0.05) is 15.9 Å². The highest BCUT2D eigenvalue weighted by Gasteiger charge is 2.10. The molecule has 0 atom stereocenters. The maximum absolute atomic E-state index is 11.1. The van der Waals surface area contributed by atoms with Gasteiger partial charge in [0.2, 0.25) is 0 Å². The number of ketones is 1. The molecule has 1 heterocycles. The third-order valence-corrected chi connectivity index (χ3v) is 2.13. The molecule has 3 nitrogen and oxygen atoms in total. The lowest BCUT2D eigenvalue weighted by Crippen LogP contribution is -2.03. The number of alkyl halides is 1. The molecule has 0 aliphatic heterocycles. The predicted octanol–water partition coefficient (Wildman–Crippen LogP) is 1.88. The maximum atomic E-state index is 11.1. The Bertz CT molecular complexity index is 283. The molecule has 0 aliphatic carbocycles. The lowest BCUT2D eigenvalue weighted by molar-refractivity contribution is 0.101. The summed E-state index contributed by atoms with van der Waals surface area (Å²) >= 11 is 3.10. The van der Waals surface area contributed by atoms with Gasteiger partial charge in [-0.3, -0.25) is 4.79 Å². The lowest BCUT2D eigenvalue weighted by atomic mass is 10.3. The fourth-order valence-corrected chi connectivity index (χ4v) is 1.09. The van der Waals surface area contributed by atoms with Gasteiger partial charge in [0.05, 0.1) is 11.7 Å². The van der Waals surface area contributed by atoms with E-state index in [-0.39, 0.29) is 22.8 Å². The number of rotatable bonds is 2. The largest absolute Gasteiger partial charge is 0.337 e. The fourth-order valence-electron chi connectivity index (χ4n) is 0.828. The molecule has 0 radical (unpaired) electrons. The van der Waals surface area contributed by atoms with Crippen LogP contribution < -0.4 is 0 Å². The van der Waals surface area contributed by atoms with Crippen LogP contribution in [0.4, 0.5) is 0 Å². The van der Waals surface area contributed by atoms with E-state index in [0.29, 0.717) is 11.0 Å². The number of halogens is 2. The Balaban J connectivity index is 0.00000121. The highest BCUT2D eigenvalue weighted by Crippen LogP contribution is 2.05. The molecule has 0 saturated carbocycles. The Morgan fingerprint density at radius 2 is 2.33 bits per heavy atom. The molecule has 0 N–H and O–H groups in total. The lowest BCUT2D eigenvalue weighted by Gasteiger charge is -1.95. The second-order valence-corrected chi connectivity index (χ2v) is 2.91. The summed E-state index contributed by atoms with van der Waals surface area (Å²) < 4.78 is 1.83. The van der Waals surface area contributed by atoms with Gasteiger partial charge in [0, 0.05) is 12.7 Å². The zero-order valence-electron chi connectivity index (χ0n) is 6.87. The summed E-state index contributed by atoms with van der Waals surface area (Å²) in [5, 5.41) is 0.338. The van der Waals surface area contributed by atoms with Crippen molar-refractivity contribution in [3.63, 3.8) is 0 Å². The number of Topliss-reactive ketones (excluding diaryl/α,β-unsaturated/α-hetero) is 1. The quantitative estimate of drug-likeness (QED) is 0.617. The molecule has 1 aromatic heterocycles. The van der Waals surface area contributed by atoms with Gasteiger partial charge in [-0.05, 0) is 6.92 Å². The minimum Gasteiger partial charge on any atom is -0.337 e. The summed E-state index contributed by atoms with van der Waals surface area (Å²) in [6.07, 6.45) is 1.64. The first-order chi connectivity index (χ1) is 5.16. The van der Waals surface area contributed by atoms with E-state index in [1.54, 1.807) is 6.33 Å². The smallest absolute Gasteiger partial charge is 0.193 e. The molecule has 1 rings (SSSR count). The van der Waals surface area contributed by atoms with E-state index < -0.39 is 0 Å². The number of carbonyl (C=O) groups is 1. The molecule has 0 aromatic carbocycles. The van der Waals surface area contributed by atoms with Gasteiger partial charge in [-0.15, -0.1) is 17.0 Å². The molecule has 0 aliphatic rings. The Labute approximate surface area is 90.1 Å². The van der Waals surface area contributed by atoms with Gasteiger partial charge >= 0.3 is 0 Å². The molecule has 0 spiro atoms. The average molecular weight is 298 g/mol. The van der Waals surface area contributed by atoms with Gasteiger partial charge in [0.1, 0.15) is 5.69 Å². The van der Waals surface area contributed by atoms with E-state index in [4.69, 9.17) is 0 Å². The highest BCUT2D eigenvalue weighted by molar-refractivity contribution is 9.09. The molecule has 0 unspecified atom stereocenters. The Morgan fingerprint density at radius 3 is 2.67 bits per heavy atom. The molecule has 1 aromatic rings. The number of aryl methyl sites for hydroxylation is 1. The second-order valence-electron chi connectivity index (χ2n) is 2.35. The first-order valence-electron chi connectivity index (χ1n) is 3.24. The minimum absolute atomic E-state index is 0. The van der Waals surface area contributed by atoms with Crippen molar-refractivity contribution in [2.75, 3.05) is 5.33 Å². The minimum atomic E-state index is 0. The monoisotopic (exact) mass is 296 g/mol. The van der Waals surface area contributed by atoms with Crippen molar-refractivity contribution < 1.29 is 4.79 Å². The van der Waals surface area contributed by atoms with Gasteiger partial charge in [-0.2, -0.15) is 0 Å². The predicted molar refractivity (Wildman–Crippen MR) is 56.4 cm³/mol. The maximum Gasteiger partial charge on any atom is 0.193 e. The van der Waals surface area contributed by atoms with Crippen molar-refractivity contribution in [2.45, 2.75) is 6.92 Å². The fraction of sp³-hybridized carbons (Fsp3) is 0.429. The van der Waals surface area contributed by atoms with E-state index >= 15 is 0 Å². The van der Waals surface area contributed by atoms with E-state index in [0.717, 1.165) is 5.69 Å². The number of imidazole rings is 1. The Morgan fingerprint density at radius 1 is 1.75 bits per heavy atom. The van der Waals surface area contributed by atoms with Crippen molar-refractivity contribution in [1.29, 1.82) is 0 Å². The topological polar surface area (TPSA) is 34.9 Å². The third kappa shape index (κ3) is 2.17. The van der Waals surface area contributed by atoms with Crippen molar-refractivity contribution in [3.8, 4) is 0 Å². The van der Waals surface area contributed by atoms with Crippen LogP contribution in [0.15, 0.2) is 6.33 Å². The van der Waals surface area contributed by atoms with E-state index in [9.17, 15) is 4.79 Å². The number of hydrogen-bond acceptors (Lipinski definition) is 2. The van der Waals surface area contributed by atoms with E-state index in [1.807, 2.05) is 18.5 Å². The van der Waals surface area contributed by atoms with Crippen LogP contribution >= 0.6 is 32.9 Å². The van der Waals surface area contributed by atoms with E-state index in [2.05, 4.69) is 20.9 Å². The molecule has 68 valence electrons. The molecular weight excluding hydrogens is 288 g/mol. The standard InChI is InChI=1S/C7H9BrN2O.BrH/c1-5-7(6(11)3-8)9-4-10(5)2;/h4H,3H2,1-2H3;1H. The van der Waals surface area contributed by atoms with Crippen LogP contribution in [0, 0.1) is 6.92 Å². The zero-order chi connectivity index (χ0) is 8.43. The average Bonchev–Trinajstić information content (AvgIpc) is 2.32. The van der Waals surface area contributed by atoms with Crippen LogP contribution in [0.25, 0.3) is 0 Å². The number of nitrogens with zero attached hydrogens (tertiary/aromatic N) is 2. The van der Waals surface area contributed by atoms with Crippen LogP contribution in [0.1, 0.15) is 16.2 Å². The summed E-state index contributed by atoms with van der Waals surface area (Å²) in [6, 6.07) is 0. The highest BCUT2D eigenvalue weighted by atomic mass is 79.9. The Kier molecular flexibility index (Phi) is 4.70. The molecule has 0 amide bonds. The van der Waals surface area contributed by atoms with Crippen molar-refractivity contribution in [3.05, 3.63) is 17.7 Å². The van der Waals surface area contributed by atoms with Gasteiger partial charge in [0.15, 0.2) is 5.78 Å². The van der Waals surface area contributed by atoms with Crippen LogP contribution in [-0.4, -0.2) is 20.7 Å². The molecular formula is C7H10Br2N2O. The summed E-state index contributed by atoms with van der Waals surface area (Å²) in [5.74, 6) is 0.0306. The first-order valence-corrected chi connectivity index (χ1v) is 4.36. The zero-order valence-corrected chi connectivity index (χ0v) is 10.2. The van der Waals surface area contributed by atoms with Crippen LogP contribution in [-0.2, 0) is 7.05 Å². The SMILES string of the molecule is Br.Cc1c(C(=O)CBr)ncn1C. The second kappa shape index (κ2) is 4.77.